The molecule has 0 amide bonds. The van der Waals surface area contributed by atoms with Gasteiger partial charge in [0.1, 0.15) is 22.9 Å². The van der Waals surface area contributed by atoms with Gasteiger partial charge in [-0.1, -0.05) is 18.2 Å². The number of nitrogens with zero attached hydrogens (tertiary/aromatic N) is 3. The monoisotopic (exact) mass is 480 g/mol. The molecule has 0 spiro atoms. The quantitative estimate of drug-likeness (QED) is 0.120. The Balaban J connectivity index is 1.37. The van der Waals surface area contributed by atoms with E-state index >= 15 is 0 Å². The summed E-state index contributed by atoms with van der Waals surface area (Å²) >= 11 is 1.28. The lowest BCUT2D eigenvalue weighted by atomic mass is 10.1. The van der Waals surface area contributed by atoms with Crippen LogP contribution in [0, 0.1) is 21.7 Å². The van der Waals surface area contributed by atoms with Crippen LogP contribution in [0.5, 0.6) is 5.75 Å². The van der Waals surface area contributed by atoms with Gasteiger partial charge in [-0.05, 0) is 42.0 Å². The van der Waals surface area contributed by atoms with Crippen molar-refractivity contribution in [2.75, 3.05) is 5.43 Å². The number of ether oxygens (including phenoxy) is 1. The fourth-order valence-electron chi connectivity index (χ4n) is 2.87. The van der Waals surface area contributed by atoms with Gasteiger partial charge in [-0.25, -0.2) is 18.6 Å². The van der Waals surface area contributed by atoms with E-state index < -0.39 is 28.1 Å². The summed E-state index contributed by atoms with van der Waals surface area (Å²) in [5.41, 5.74) is 3.83. The van der Waals surface area contributed by atoms with Crippen LogP contribution in [-0.2, 0) is 0 Å². The second-order valence-electron chi connectivity index (χ2n) is 6.77. The van der Waals surface area contributed by atoms with Crippen molar-refractivity contribution in [1.82, 2.24) is 4.98 Å². The van der Waals surface area contributed by atoms with Gasteiger partial charge in [-0.3, -0.25) is 15.5 Å². The number of esters is 1. The summed E-state index contributed by atoms with van der Waals surface area (Å²) in [5.74, 6) is -3.03. The summed E-state index contributed by atoms with van der Waals surface area (Å²) < 4.78 is 32.4. The Bertz CT molecular complexity index is 1370. The molecule has 3 aromatic carbocycles. The Kier molecular flexibility index (Phi) is 6.64. The highest BCUT2D eigenvalue weighted by molar-refractivity contribution is 7.14. The zero-order valence-corrected chi connectivity index (χ0v) is 18.0. The third kappa shape index (κ3) is 5.27. The van der Waals surface area contributed by atoms with E-state index in [9.17, 15) is 23.7 Å². The van der Waals surface area contributed by atoms with Crippen molar-refractivity contribution < 1.29 is 23.2 Å². The van der Waals surface area contributed by atoms with Crippen LogP contribution < -0.4 is 10.2 Å². The number of carbonyl (C=O) groups excluding carboxylic acids is 1. The second kappa shape index (κ2) is 9.96. The first-order valence-corrected chi connectivity index (χ1v) is 10.5. The maximum Gasteiger partial charge on any atom is 0.349 e. The van der Waals surface area contributed by atoms with E-state index in [0.717, 1.165) is 18.2 Å². The smallest absolute Gasteiger partial charge is 0.349 e. The average Bonchev–Trinajstić information content (AvgIpc) is 3.29. The molecule has 1 heterocycles. The molecule has 1 aromatic heterocycles. The van der Waals surface area contributed by atoms with Crippen LogP contribution in [0.15, 0.2) is 77.2 Å². The highest BCUT2D eigenvalue weighted by Gasteiger charge is 2.19. The minimum atomic E-state index is -1.14. The molecule has 0 saturated carbocycles. The van der Waals surface area contributed by atoms with Crippen molar-refractivity contribution >= 4 is 34.3 Å². The summed E-state index contributed by atoms with van der Waals surface area (Å²) in [5, 5.41) is 17.2. The molecule has 4 rings (SSSR count). The van der Waals surface area contributed by atoms with Gasteiger partial charge in [-0.2, -0.15) is 5.10 Å². The first-order chi connectivity index (χ1) is 16.4. The zero-order chi connectivity index (χ0) is 24.1. The van der Waals surface area contributed by atoms with E-state index in [1.54, 1.807) is 29.6 Å². The SMILES string of the molecule is O=C(Oc1ccc(/C=N\Nc2nc(-c3cccc([N+](=O)[O-])c3)cs2)cc1)c1c(F)cccc1F. The molecular weight excluding hydrogens is 466 g/mol. The second-order valence-corrected chi connectivity index (χ2v) is 7.63. The van der Waals surface area contributed by atoms with Gasteiger partial charge in [0.25, 0.3) is 5.69 Å². The number of non-ortho nitro benzene ring substituents is 1. The van der Waals surface area contributed by atoms with Crippen LogP contribution in [0.4, 0.5) is 19.6 Å². The number of anilines is 1. The van der Waals surface area contributed by atoms with E-state index in [1.807, 2.05) is 0 Å². The minimum Gasteiger partial charge on any atom is -0.423 e. The van der Waals surface area contributed by atoms with Gasteiger partial charge in [0.05, 0.1) is 16.8 Å². The largest absolute Gasteiger partial charge is 0.423 e. The molecule has 1 N–H and O–H groups in total. The molecule has 170 valence electrons. The van der Waals surface area contributed by atoms with Crippen LogP contribution in [0.25, 0.3) is 11.3 Å². The van der Waals surface area contributed by atoms with Crippen LogP contribution in [0.3, 0.4) is 0 Å². The topological polar surface area (TPSA) is 107 Å². The summed E-state index contributed by atoms with van der Waals surface area (Å²) in [6.45, 7) is 0. The highest BCUT2D eigenvalue weighted by Crippen LogP contribution is 2.27. The molecule has 34 heavy (non-hydrogen) atoms. The molecule has 8 nitrogen and oxygen atoms in total. The first kappa shape index (κ1) is 22.7. The normalized spacial score (nSPS) is 10.9. The number of hydrazone groups is 1. The summed E-state index contributed by atoms with van der Waals surface area (Å²) in [6.07, 6.45) is 1.50. The molecular formula is C23H14F2N4O4S. The molecule has 0 aliphatic rings. The molecule has 0 unspecified atom stereocenters. The average molecular weight is 480 g/mol. The van der Waals surface area contributed by atoms with Gasteiger partial charge in [0, 0.05) is 23.1 Å². The van der Waals surface area contributed by atoms with Crippen molar-refractivity contribution in [2.24, 2.45) is 5.10 Å². The molecule has 0 aliphatic heterocycles. The predicted molar refractivity (Wildman–Crippen MR) is 123 cm³/mol. The van der Waals surface area contributed by atoms with Crippen LogP contribution in [0.2, 0.25) is 0 Å². The van der Waals surface area contributed by atoms with Crippen LogP contribution in [0.1, 0.15) is 15.9 Å². The Morgan fingerprint density at radius 3 is 2.50 bits per heavy atom. The van der Waals surface area contributed by atoms with Crippen LogP contribution in [-0.4, -0.2) is 22.1 Å². The predicted octanol–water partition coefficient (Wildman–Crippen LogP) is 5.66. The van der Waals surface area contributed by atoms with Gasteiger partial charge >= 0.3 is 5.97 Å². The first-order valence-electron chi connectivity index (χ1n) is 9.66. The van der Waals surface area contributed by atoms with Gasteiger partial charge in [-0.15, -0.1) is 11.3 Å². The number of hydrogen-bond acceptors (Lipinski definition) is 8. The number of aromatic nitrogens is 1. The van der Waals surface area contributed by atoms with E-state index in [1.165, 1.54) is 41.8 Å². The van der Waals surface area contributed by atoms with Crippen molar-refractivity contribution in [3.63, 3.8) is 0 Å². The Morgan fingerprint density at radius 2 is 1.79 bits per heavy atom. The maximum absolute atomic E-state index is 13.7. The van der Waals surface area contributed by atoms with Gasteiger partial charge < -0.3 is 4.74 Å². The molecule has 0 bridgehead atoms. The third-order valence-electron chi connectivity index (χ3n) is 4.49. The van der Waals surface area contributed by atoms with E-state index in [4.69, 9.17) is 4.74 Å². The molecule has 0 saturated heterocycles. The number of thiazole rings is 1. The highest BCUT2D eigenvalue weighted by atomic mass is 32.1. The van der Waals surface area contributed by atoms with Crippen molar-refractivity contribution in [3.05, 3.63) is 105 Å². The van der Waals surface area contributed by atoms with Crippen molar-refractivity contribution in [1.29, 1.82) is 0 Å². The van der Waals surface area contributed by atoms with E-state index in [-0.39, 0.29) is 11.4 Å². The standard InChI is InChI=1S/C23H14F2N4O4S/c24-18-5-2-6-19(25)21(18)22(30)33-17-9-7-14(8-10-17)12-26-28-23-27-20(13-34-23)15-3-1-4-16(11-15)29(31)32/h1-13H,(H,27,28)/b26-12-. The molecule has 4 aromatic rings. The summed E-state index contributed by atoms with van der Waals surface area (Å²) in [4.78, 5) is 26.9. The number of nitro groups is 1. The number of halogens is 2. The number of benzene rings is 3. The number of hydrogen-bond donors (Lipinski definition) is 1. The van der Waals surface area contributed by atoms with Gasteiger partial charge in [0.2, 0.25) is 5.13 Å². The number of rotatable bonds is 7. The lowest BCUT2D eigenvalue weighted by Crippen LogP contribution is -2.13. The molecule has 11 heteroatoms. The van der Waals surface area contributed by atoms with Gasteiger partial charge in [0.15, 0.2) is 0 Å². The van der Waals surface area contributed by atoms with E-state index in [0.29, 0.717) is 22.0 Å². The van der Waals surface area contributed by atoms with Crippen LogP contribution >= 0.6 is 11.3 Å². The van der Waals surface area contributed by atoms with Crippen molar-refractivity contribution in [3.8, 4) is 17.0 Å². The Labute approximate surface area is 195 Å². The fraction of sp³-hybridized carbons (Fsp3) is 0. The lowest BCUT2D eigenvalue weighted by Gasteiger charge is -2.06. The minimum absolute atomic E-state index is 0.0220. The third-order valence-corrected chi connectivity index (χ3v) is 5.24. The number of nitro benzene ring substituents is 1. The summed E-state index contributed by atoms with van der Waals surface area (Å²) in [7, 11) is 0. The maximum atomic E-state index is 13.7. The lowest BCUT2D eigenvalue weighted by molar-refractivity contribution is -0.384. The molecule has 0 fully saturated rings. The van der Waals surface area contributed by atoms with Crippen molar-refractivity contribution in [2.45, 2.75) is 0 Å². The molecule has 0 atom stereocenters. The molecule has 0 radical (unpaired) electrons. The number of carbonyl (C=O) groups is 1. The Morgan fingerprint density at radius 1 is 1.09 bits per heavy atom. The molecule has 0 aliphatic carbocycles. The number of nitrogens with one attached hydrogen (secondary N) is 1. The zero-order valence-electron chi connectivity index (χ0n) is 17.1. The van der Waals surface area contributed by atoms with E-state index in [2.05, 4.69) is 15.5 Å². The summed E-state index contributed by atoms with van der Waals surface area (Å²) in [6, 6.07) is 15.4. The fourth-order valence-corrected chi connectivity index (χ4v) is 3.54. The Hall–Kier alpha value is -4.51.